The third-order valence-corrected chi connectivity index (χ3v) is 6.66. The Bertz CT molecular complexity index is 1350. The molecule has 1 aliphatic carbocycles. The van der Waals surface area contributed by atoms with E-state index in [-0.39, 0.29) is 6.04 Å². The standard InChI is InChI=1S/C25H21N5S/c26-13-15-4-7-19-16(10-15)2-1-3-22(19)30-18-6-8-21(27)20(12-18)25(28)17-5-9-23-24(11-17)31-14-29-23/h4-12,14,22,28,30H,1-3,27H2. The Kier molecular flexibility index (Phi) is 4.89. The molecule has 5 rings (SSSR count). The Labute approximate surface area is 184 Å². The number of hydrogen-bond donors (Lipinski definition) is 3. The van der Waals surface area contributed by atoms with E-state index in [1.807, 2.05) is 54.0 Å². The number of nitrogens with one attached hydrogen (secondary N) is 2. The summed E-state index contributed by atoms with van der Waals surface area (Å²) in [6, 6.07) is 20.0. The molecule has 3 aromatic carbocycles. The van der Waals surface area contributed by atoms with Crippen LogP contribution >= 0.6 is 11.3 Å². The number of nitrogens with two attached hydrogens (primary N) is 1. The molecule has 0 saturated heterocycles. The fraction of sp³-hybridized carbons (Fsp3) is 0.160. The molecule has 4 aromatic rings. The van der Waals surface area contributed by atoms with E-state index in [2.05, 4.69) is 22.4 Å². The van der Waals surface area contributed by atoms with Crippen molar-refractivity contribution in [2.24, 2.45) is 0 Å². The highest BCUT2D eigenvalue weighted by Gasteiger charge is 2.21. The van der Waals surface area contributed by atoms with E-state index in [1.165, 1.54) is 11.1 Å². The minimum atomic E-state index is 0.177. The summed E-state index contributed by atoms with van der Waals surface area (Å²) in [5, 5.41) is 21.6. The number of aromatic nitrogens is 1. The van der Waals surface area contributed by atoms with Crippen molar-refractivity contribution in [2.75, 3.05) is 11.1 Å². The largest absolute Gasteiger partial charge is 0.398 e. The predicted octanol–water partition coefficient (Wildman–Crippen LogP) is 5.66. The summed E-state index contributed by atoms with van der Waals surface area (Å²) in [4.78, 5) is 4.31. The molecule has 0 fully saturated rings. The molecule has 0 spiro atoms. The van der Waals surface area contributed by atoms with Gasteiger partial charge in [0.1, 0.15) is 0 Å². The number of nitriles is 1. The molecule has 6 heteroatoms. The maximum absolute atomic E-state index is 9.19. The van der Waals surface area contributed by atoms with Crippen molar-refractivity contribution in [1.29, 1.82) is 10.7 Å². The third kappa shape index (κ3) is 3.65. The number of rotatable bonds is 4. The van der Waals surface area contributed by atoms with Gasteiger partial charge in [-0.15, -0.1) is 11.3 Å². The Morgan fingerprint density at radius 1 is 1.16 bits per heavy atom. The van der Waals surface area contributed by atoms with Crippen LogP contribution in [0.1, 0.15) is 46.7 Å². The van der Waals surface area contributed by atoms with E-state index in [1.54, 1.807) is 11.3 Å². The maximum atomic E-state index is 9.19. The lowest BCUT2D eigenvalue weighted by Gasteiger charge is -2.27. The molecule has 1 aromatic heterocycles. The van der Waals surface area contributed by atoms with Gasteiger partial charge in [0.05, 0.1) is 39.1 Å². The first-order valence-corrected chi connectivity index (χ1v) is 11.1. The molecule has 1 atom stereocenters. The average Bonchev–Trinajstić information content (AvgIpc) is 3.27. The number of benzene rings is 3. The van der Waals surface area contributed by atoms with Crippen LogP contribution in [0.2, 0.25) is 0 Å². The fourth-order valence-electron chi connectivity index (χ4n) is 4.26. The van der Waals surface area contributed by atoms with Gasteiger partial charge in [-0.05, 0) is 72.9 Å². The zero-order valence-electron chi connectivity index (χ0n) is 16.9. The van der Waals surface area contributed by atoms with Crippen LogP contribution in [0.5, 0.6) is 0 Å². The number of hydrogen-bond acceptors (Lipinski definition) is 6. The predicted molar refractivity (Wildman–Crippen MR) is 127 cm³/mol. The SMILES string of the molecule is N#Cc1ccc2c(c1)CCCC2Nc1ccc(N)c(C(=N)c2ccc3ncsc3c2)c1. The van der Waals surface area contributed by atoms with Gasteiger partial charge < -0.3 is 11.1 Å². The zero-order chi connectivity index (χ0) is 21.4. The van der Waals surface area contributed by atoms with Crippen LogP contribution in [0, 0.1) is 16.7 Å². The van der Waals surface area contributed by atoms with Gasteiger partial charge in [0.25, 0.3) is 0 Å². The van der Waals surface area contributed by atoms with Crippen LogP contribution in [0.15, 0.2) is 60.1 Å². The summed E-state index contributed by atoms with van der Waals surface area (Å²) in [6.45, 7) is 0. The van der Waals surface area contributed by atoms with E-state index in [0.29, 0.717) is 22.5 Å². The van der Waals surface area contributed by atoms with Crippen molar-refractivity contribution in [3.63, 3.8) is 0 Å². The van der Waals surface area contributed by atoms with Gasteiger partial charge in [-0.2, -0.15) is 5.26 Å². The number of nitrogens with zero attached hydrogens (tertiary/aromatic N) is 2. The Hall–Kier alpha value is -3.69. The van der Waals surface area contributed by atoms with Gasteiger partial charge in [-0.3, -0.25) is 5.41 Å². The number of aryl methyl sites for hydroxylation is 1. The zero-order valence-corrected chi connectivity index (χ0v) is 17.7. The first-order chi connectivity index (χ1) is 15.1. The van der Waals surface area contributed by atoms with Crippen LogP contribution in [-0.4, -0.2) is 10.7 Å². The fourth-order valence-corrected chi connectivity index (χ4v) is 4.98. The molecule has 1 unspecified atom stereocenters. The first-order valence-electron chi connectivity index (χ1n) is 10.2. The molecule has 1 heterocycles. The molecule has 0 radical (unpaired) electrons. The average molecular weight is 424 g/mol. The summed E-state index contributed by atoms with van der Waals surface area (Å²) in [7, 11) is 0. The highest BCUT2D eigenvalue weighted by atomic mass is 32.1. The Balaban J connectivity index is 1.44. The second kappa shape index (κ2) is 7.86. The van der Waals surface area contributed by atoms with Crippen LogP contribution in [0.3, 0.4) is 0 Å². The van der Waals surface area contributed by atoms with Crippen molar-refractivity contribution in [3.8, 4) is 6.07 Å². The van der Waals surface area contributed by atoms with Gasteiger partial charge in [-0.1, -0.05) is 12.1 Å². The van der Waals surface area contributed by atoms with Gasteiger partial charge in [0.2, 0.25) is 0 Å². The molecule has 0 aliphatic heterocycles. The summed E-state index contributed by atoms with van der Waals surface area (Å²) < 4.78 is 1.06. The third-order valence-electron chi connectivity index (χ3n) is 5.87. The van der Waals surface area contributed by atoms with E-state index >= 15 is 0 Å². The van der Waals surface area contributed by atoms with Crippen molar-refractivity contribution in [3.05, 3.63) is 87.9 Å². The van der Waals surface area contributed by atoms with Gasteiger partial charge in [-0.25, -0.2) is 4.98 Å². The monoisotopic (exact) mass is 423 g/mol. The second-order valence-electron chi connectivity index (χ2n) is 7.83. The van der Waals surface area contributed by atoms with Crippen molar-refractivity contribution >= 4 is 38.6 Å². The molecule has 0 bridgehead atoms. The Morgan fingerprint density at radius 3 is 2.94 bits per heavy atom. The maximum Gasteiger partial charge on any atom is 0.0991 e. The van der Waals surface area contributed by atoms with E-state index in [4.69, 9.17) is 11.1 Å². The lowest BCUT2D eigenvalue weighted by molar-refractivity contribution is 0.600. The molecule has 152 valence electrons. The molecular weight excluding hydrogens is 402 g/mol. The van der Waals surface area contributed by atoms with E-state index < -0.39 is 0 Å². The molecule has 4 N–H and O–H groups in total. The summed E-state index contributed by atoms with van der Waals surface area (Å²) in [5.74, 6) is 0. The van der Waals surface area contributed by atoms with Gasteiger partial charge in [0.15, 0.2) is 0 Å². The normalized spacial score (nSPS) is 15.3. The van der Waals surface area contributed by atoms with E-state index in [9.17, 15) is 5.26 Å². The molecular formula is C25H21N5S. The molecule has 1 aliphatic rings. The number of fused-ring (bicyclic) bond motifs is 2. The van der Waals surface area contributed by atoms with Crippen LogP contribution in [0.4, 0.5) is 11.4 Å². The van der Waals surface area contributed by atoms with E-state index in [0.717, 1.165) is 40.7 Å². The summed E-state index contributed by atoms with van der Waals surface area (Å²) >= 11 is 1.57. The Morgan fingerprint density at radius 2 is 2.06 bits per heavy atom. The number of nitrogen functional groups attached to an aromatic ring is 1. The molecule has 0 amide bonds. The highest BCUT2D eigenvalue weighted by molar-refractivity contribution is 7.16. The van der Waals surface area contributed by atoms with Crippen molar-refractivity contribution < 1.29 is 0 Å². The van der Waals surface area contributed by atoms with Crippen LogP contribution in [0.25, 0.3) is 10.2 Å². The summed E-state index contributed by atoms with van der Waals surface area (Å²) in [6.07, 6.45) is 3.10. The molecule has 0 saturated carbocycles. The van der Waals surface area contributed by atoms with Crippen molar-refractivity contribution in [1.82, 2.24) is 4.98 Å². The minimum absolute atomic E-state index is 0.177. The lowest BCUT2D eigenvalue weighted by atomic mass is 9.86. The second-order valence-corrected chi connectivity index (χ2v) is 8.71. The number of thiazole rings is 1. The topological polar surface area (TPSA) is 98.6 Å². The highest BCUT2D eigenvalue weighted by Crippen LogP contribution is 2.34. The quantitative estimate of drug-likeness (QED) is 0.291. The lowest BCUT2D eigenvalue weighted by Crippen LogP contribution is -2.18. The van der Waals surface area contributed by atoms with Crippen molar-refractivity contribution in [2.45, 2.75) is 25.3 Å². The smallest absolute Gasteiger partial charge is 0.0991 e. The number of anilines is 2. The van der Waals surface area contributed by atoms with Gasteiger partial charge in [0, 0.05) is 22.5 Å². The minimum Gasteiger partial charge on any atom is -0.398 e. The molecule has 5 nitrogen and oxygen atoms in total. The molecule has 31 heavy (non-hydrogen) atoms. The van der Waals surface area contributed by atoms with Crippen LogP contribution in [-0.2, 0) is 6.42 Å². The summed E-state index contributed by atoms with van der Waals surface area (Å²) in [5.41, 5.74) is 15.7. The first kappa shape index (κ1) is 19.3. The van der Waals surface area contributed by atoms with Gasteiger partial charge >= 0.3 is 0 Å². The van der Waals surface area contributed by atoms with Crippen LogP contribution < -0.4 is 11.1 Å².